The summed E-state index contributed by atoms with van der Waals surface area (Å²) < 4.78 is 45.6. The van der Waals surface area contributed by atoms with E-state index in [4.69, 9.17) is 4.74 Å². The molecule has 1 saturated carbocycles. The number of amides is 2. The minimum atomic E-state index is -4.71. The van der Waals surface area contributed by atoms with E-state index < -0.39 is 42.5 Å². The molecule has 0 radical (unpaired) electrons. The van der Waals surface area contributed by atoms with Crippen molar-refractivity contribution in [2.75, 3.05) is 19.0 Å². The monoisotopic (exact) mass is 770 g/mol. The summed E-state index contributed by atoms with van der Waals surface area (Å²) in [6, 6.07) is 13.0. The minimum absolute atomic E-state index is 0.00324. The molecular formula is C42H45F3N6O5. The first-order chi connectivity index (χ1) is 26.9. The molecule has 0 aliphatic heterocycles. The number of carboxylic acid groups (broad SMARTS) is 1. The van der Waals surface area contributed by atoms with Gasteiger partial charge in [0.2, 0.25) is 5.91 Å². The molecule has 0 spiro atoms. The van der Waals surface area contributed by atoms with E-state index in [2.05, 4.69) is 38.5 Å². The Hall–Kier alpha value is -5.66. The molecule has 56 heavy (non-hydrogen) atoms. The van der Waals surface area contributed by atoms with Crippen molar-refractivity contribution in [3.8, 4) is 17.1 Å². The number of rotatable bonds is 13. The standard InChI is InChI=1S/C42H45F3N6O5/c1-3-26-4-8-28(9-5-26)29-12-14-30(15-13-29)33-22-46-40(47-23-33)31-10-6-27(7-11-31)24-51(25-39(53)54)41(55)36-18-19-37(50-49-36)48-38(52)20-32-16-17-34(56-2)21-35(32)42(43,44)45/h6-7,10-11,14,16-19,21-23,26,28-29H,3-5,8-9,12-13,15,20,24-25H2,1-2H3,(H,53,54)(H,48,50,52)/t26-,28-,29?. The number of hydrogen-bond donors (Lipinski definition) is 2. The second kappa shape index (κ2) is 17.9. The van der Waals surface area contributed by atoms with Crippen LogP contribution in [0.3, 0.4) is 0 Å². The first-order valence-electron chi connectivity index (χ1n) is 18.9. The third kappa shape index (κ3) is 10.1. The van der Waals surface area contributed by atoms with Gasteiger partial charge >= 0.3 is 12.1 Å². The summed E-state index contributed by atoms with van der Waals surface area (Å²) in [5.74, 6) is 0.214. The Bertz CT molecular complexity index is 2030. The number of aromatic nitrogens is 4. The highest BCUT2D eigenvalue weighted by molar-refractivity contribution is 5.95. The molecule has 0 bridgehead atoms. The number of carbonyl (C=O) groups is 3. The van der Waals surface area contributed by atoms with Gasteiger partial charge in [-0.1, -0.05) is 62.6 Å². The van der Waals surface area contributed by atoms with E-state index in [1.165, 1.54) is 69.4 Å². The highest BCUT2D eigenvalue weighted by Crippen LogP contribution is 2.42. The van der Waals surface area contributed by atoms with Crippen LogP contribution in [0.15, 0.2) is 73.1 Å². The predicted molar refractivity (Wildman–Crippen MR) is 203 cm³/mol. The van der Waals surface area contributed by atoms with Crippen LogP contribution in [0, 0.1) is 17.8 Å². The SMILES string of the molecule is CC[C@H]1CC[C@H](C2CC=C(c3cnc(-c4ccc(CN(CC(=O)O)C(=O)c5ccc(NC(=O)Cc6ccc(OC)cc6C(F)(F)F)nn5)cc4)nc3)CC2)CC1. The predicted octanol–water partition coefficient (Wildman–Crippen LogP) is 8.27. The number of aliphatic carboxylic acids is 1. The molecule has 2 N–H and O–H groups in total. The molecule has 2 amide bonds. The van der Waals surface area contributed by atoms with Crippen LogP contribution in [0.5, 0.6) is 5.75 Å². The van der Waals surface area contributed by atoms with Gasteiger partial charge in [0.1, 0.15) is 12.3 Å². The van der Waals surface area contributed by atoms with Crippen molar-refractivity contribution in [3.63, 3.8) is 0 Å². The van der Waals surface area contributed by atoms with Gasteiger partial charge in [-0.3, -0.25) is 14.4 Å². The van der Waals surface area contributed by atoms with Crippen molar-refractivity contribution < 1.29 is 37.4 Å². The van der Waals surface area contributed by atoms with Crippen molar-refractivity contribution in [2.45, 2.75) is 77.4 Å². The topological polar surface area (TPSA) is 148 Å². The molecule has 2 heterocycles. The lowest BCUT2D eigenvalue weighted by Crippen LogP contribution is -2.35. The summed E-state index contributed by atoms with van der Waals surface area (Å²) in [5.41, 5.74) is 2.29. The summed E-state index contributed by atoms with van der Waals surface area (Å²) in [5, 5.41) is 19.6. The summed E-state index contributed by atoms with van der Waals surface area (Å²) >= 11 is 0. The summed E-state index contributed by atoms with van der Waals surface area (Å²) in [6.45, 7) is 1.63. The van der Waals surface area contributed by atoms with Crippen LogP contribution in [0.25, 0.3) is 17.0 Å². The second-order valence-electron chi connectivity index (χ2n) is 14.5. The maximum Gasteiger partial charge on any atom is 0.416 e. The molecule has 11 nitrogen and oxygen atoms in total. The Kier molecular flexibility index (Phi) is 12.8. The summed E-state index contributed by atoms with van der Waals surface area (Å²) in [7, 11) is 1.24. The van der Waals surface area contributed by atoms with Crippen LogP contribution >= 0.6 is 0 Å². The molecule has 2 aromatic heterocycles. The normalized spacial score (nSPS) is 18.4. The zero-order chi connectivity index (χ0) is 39.8. The lowest BCUT2D eigenvalue weighted by Gasteiger charge is -2.35. The van der Waals surface area contributed by atoms with E-state index in [-0.39, 0.29) is 29.4 Å². The van der Waals surface area contributed by atoms with Crippen LogP contribution in [0.2, 0.25) is 0 Å². The van der Waals surface area contributed by atoms with Gasteiger partial charge in [0.25, 0.3) is 5.91 Å². The number of ether oxygens (including phenoxy) is 1. The molecule has 2 aromatic carbocycles. The van der Waals surface area contributed by atoms with E-state index in [1.807, 2.05) is 24.5 Å². The minimum Gasteiger partial charge on any atom is -0.497 e. The number of carbonyl (C=O) groups excluding carboxylic acids is 2. The number of nitrogens with one attached hydrogen (secondary N) is 1. The fourth-order valence-electron chi connectivity index (χ4n) is 7.73. The van der Waals surface area contributed by atoms with Gasteiger partial charge in [-0.2, -0.15) is 13.2 Å². The average Bonchev–Trinajstić information content (AvgIpc) is 3.20. The Morgan fingerprint density at radius 2 is 1.64 bits per heavy atom. The van der Waals surface area contributed by atoms with E-state index >= 15 is 0 Å². The Balaban J connectivity index is 1.04. The molecule has 14 heteroatoms. The average molecular weight is 771 g/mol. The van der Waals surface area contributed by atoms with E-state index in [0.717, 1.165) is 58.8 Å². The molecule has 294 valence electrons. The number of nitrogens with zero attached hydrogens (tertiary/aromatic N) is 5. The fraction of sp³-hybridized carbons (Fsp3) is 0.405. The highest BCUT2D eigenvalue weighted by Gasteiger charge is 2.34. The van der Waals surface area contributed by atoms with Gasteiger partial charge in [-0.15, -0.1) is 10.2 Å². The van der Waals surface area contributed by atoms with E-state index in [1.54, 1.807) is 12.1 Å². The quantitative estimate of drug-likeness (QED) is 0.137. The molecule has 6 rings (SSSR count). The largest absolute Gasteiger partial charge is 0.497 e. The molecule has 2 aliphatic rings. The number of methoxy groups -OCH3 is 1. The summed E-state index contributed by atoms with van der Waals surface area (Å²) in [6.07, 6.45) is 10.9. The van der Waals surface area contributed by atoms with Crippen LogP contribution < -0.4 is 10.1 Å². The molecule has 1 fully saturated rings. The van der Waals surface area contributed by atoms with Crippen LogP contribution in [-0.2, 0) is 28.7 Å². The Morgan fingerprint density at radius 3 is 2.23 bits per heavy atom. The zero-order valence-electron chi connectivity index (χ0n) is 31.4. The van der Waals surface area contributed by atoms with Gasteiger partial charge in [0.15, 0.2) is 17.3 Å². The number of alkyl halides is 3. The van der Waals surface area contributed by atoms with Gasteiger partial charge < -0.3 is 20.1 Å². The van der Waals surface area contributed by atoms with E-state index in [0.29, 0.717) is 11.4 Å². The molecule has 0 saturated heterocycles. The van der Waals surface area contributed by atoms with Crippen molar-refractivity contribution in [1.82, 2.24) is 25.1 Å². The Labute approximate surface area is 323 Å². The Morgan fingerprint density at radius 1 is 0.911 bits per heavy atom. The lowest BCUT2D eigenvalue weighted by atomic mass is 9.71. The number of anilines is 1. The van der Waals surface area contributed by atoms with Gasteiger partial charge in [-0.25, -0.2) is 9.97 Å². The number of halogens is 3. The third-order valence-electron chi connectivity index (χ3n) is 10.9. The van der Waals surface area contributed by atoms with Crippen molar-refractivity contribution in [2.24, 2.45) is 17.8 Å². The lowest BCUT2D eigenvalue weighted by molar-refractivity contribution is -0.139. The van der Waals surface area contributed by atoms with Crippen LogP contribution in [0.4, 0.5) is 19.0 Å². The molecule has 4 aromatic rings. The van der Waals surface area contributed by atoms with Crippen LogP contribution in [0.1, 0.15) is 91.0 Å². The zero-order valence-corrected chi connectivity index (χ0v) is 31.4. The van der Waals surface area contributed by atoms with Gasteiger partial charge in [0, 0.05) is 30.1 Å². The number of benzene rings is 2. The second-order valence-corrected chi connectivity index (χ2v) is 14.5. The highest BCUT2D eigenvalue weighted by atomic mass is 19.4. The maximum atomic E-state index is 13.6. The fourth-order valence-corrected chi connectivity index (χ4v) is 7.73. The smallest absolute Gasteiger partial charge is 0.416 e. The number of allylic oxidation sites excluding steroid dienone is 2. The van der Waals surface area contributed by atoms with Gasteiger partial charge in [0.05, 0.1) is 19.1 Å². The van der Waals surface area contributed by atoms with E-state index in [9.17, 15) is 32.7 Å². The summed E-state index contributed by atoms with van der Waals surface area (Å²) in [4.78, 5) is 48.0. The maximum absolute atomic E-state index is 13.6. The molecular weight excluding hydrogens is 725 g/mol. The first kappa shape index (κ1) is 40.0. The molecule has 1 unspecified atom stereocenters. The number of hydrogen-bond acceptors (Lipinski definition) is 8. The molecule has 2 aliphatic carbocycles. The van der Waals surface area contributed by atoms with Gasteiger partial charge in [-0.05, 0) is 90.8 Å². The van der Waals surface area contributed by atoms with Crippen molar-refractivity contribution >= 4 is 29.2 Å². The first-order valence-corrected chi connectivity index (χ1v) is 18.9. The third-order valence-corrected chi connectivity index (χ3v) is 10.9. The number of carboxylic acids is 1. The van der Waals surface area contributed by atoms with Crippen molar-refractivity contribution in [1.29, 1.82) is 0 Å². The molecule has 1 atom stereocenters. The van der Waals surface area contributed by atoms with Crippen LogP contribution in [-0.4, -0.2) is 61.6 Å². The van der Waals surface area contributed by atoms with Crippen molar-refractivity contribution in [3.05, 3.63) is 101 Å².